The van der Waals surface area contributed by atoms with Crippen LogP contribution in [0.5, 0.6) is 0 Å². The number of likely N-dealkylation sites (N-methyl/N-ethyl adjacent to an activating group) is 1. The number of quaternary nitrogens is 1. The summed E-state index contributed by atoms with van der Waals surface area (Å²) in [4.78, 5) is 38.0. The molecule has 2 N–H and O–H groups in total. The van der Waals surface area contributed by atoms with E-state index < -0.39 is 20.0 Å². The molecule has 0 spiro atoms. The summed E-state index contributed by atoms with van der Waals surface area (Å²) in [7, 11) is 1.49. The molecule has 0 saturated heterocycles. The topological polar surface area (TPSA) is 111 Å². The Morgan fingerprint density at radius 2 is 0.701 bits per heavy atom. The van der Waals surface area contributed by atoms with Crippen LogP contribution in [0, 0.1) is 0 Å². The van der Waals surface area contributed by atoms with E-state index >= 15 is 0 Å². The summed E-state index contributed by atoms with van der Waals surface area (Å²) in [6, 6.07) is -0.860. The van der Waals surface area contributed by atoms with Gasteiger partial charge in [0.15, 0.2) is 0 Å². The Morgan fingerprint density at radius 3 is 1.07 bits per heavy atom. The number of nitrogens with one attached hydrogen (secondary N) is 1. The second-order valence-electron chi connectivity index (χ2n) is 26.1. The molecule has 0 heterocycles. The maximum absolute atomic E-state index is 13.6. The number of allylic oxidation sites excluding steroid dienone is 13. The fourth-order valence-electron chi connectivity index (χ4n) is 10.6. The number of hydrogen-bond donors (Lipinski definition) is 2. The Balaban J connectivity index is 5.07. The monoisotopic (exact) mass is 1240 g/mol. The first-order valence-corrected chi connectivity index (χ1v) is 38.4. The summed E-state index contributed by atoms with van der Waals surface area (Å²) in [6.45, 7) is 6.98. The lowest BCUT2D eigenvalue weighted by Crippen LogP contribution is -2.47. The van der Waals surface area contributed by atoms with Crippen molar-refractivity contribution < 1.29 is 37.3 Å². The van der Waals surface area contributed by atoms with Gasteiger partial charge in [0.05, 0.1) is 33.8 Å². The van der Waals surface area contributed by atoms with Crippen LogP contribution in [-0.4, -0.2) is 74.3 Å². The molecule has 506 valence electrons. The summed E-state index contributed by atoms with van der Waals surface area (Å²) in [6.07, 6.45) is 88.8. The number of carbonyl (C=O) groups excluding carboxylic acids is 2. The molecule has 0 aromatic carbocycles. The van der Waals surface area contributed by atoms with Gasteiger partial charge in [0.25, 0.3) is 0 Å². The second-order valence-corrected chi connectivity index (χ2v) is 27.6. The van der Waals surface area contributed by atoms with Gasteiger partial charge in [-0.05, 0) is 109 Å². The Hall–Kier alpha value is -2.81. The molecule has 0 aliphatic rings. The molecule has 0 bridgehead atoms. The van der Waals surface area contributed by atoms with E-state index in [1.54, 1.807) is 0 Å². The molecule has 0 rings (SSSR count). The summed E-state index contributed by atoms with van der Waals surface area (Å²) in [5.74, 6) is -0.516. The quantitative estimate of drug-likeness (QED) is 0.0205. The van der Waals surface area contributed by atoms with E-state index in [9.17, 15) is 19.0 Å². The highest BCUT2D eigenvalue weighted by molar-refractivity contribution is 7.47. The molecular weight excluding hydrogens is 1100 g/mol. The van der Waals surface area contributed by atoms with Gasteiger partial charge in [-0.25, -0.2) is 4.57 Å². The number of unbranched alkanes of at least 4 members (excludes halogenated alkanes) is 39. The van der Waals surface area contributed by atoms with E-state index in [0.717, 1.165) is 103 Å². The first kappa shape index (κ1) is 84.2. The number of ether oxygens (including phenoxy) is 1. The van der Waals surface area contributed by atoms with Gasteiger partial charge < -0.3 is 19.4 Å². The first-order valence-electron chi connectivity index (χ1n) is 36.9. The Morgan fingerprint density at radius 1 is 0.402 bits per heavy atom. The summed E-state index contributed by atoms with van der Waals surface area (Å²) in [5, 5.41) is 3.07. The Bertz CT molecular complexity index is 1760. The average molecular weight is 1240 g/mol. The Labute approximate surface area is 539 Å². The van der Waals surface area contributed by atoms with E-state index in [4.69, 9.17) is 13.8 Å². The zero-order chi connectivity index (χ0) is 63.5. The number of amides is 1. The maximum Gasteiger partial charge on any atom is 0.472 e. The number of hydrogen-bond acceptors (Lipinski definition) is 6. The number of carbonyl (C=O) groups is 2. The van der Waals surface area contributed by atoms with Gasteiger partial charge in [-0.3, -0.25) is 18.6 Å². The van der Waals surface area contributed by atoms with Gasteiger partial charge in [-0.1, -0.05) is 305 Å². The molecular formula is C77H142N2O7P+. The average Bonchev–Trinajstić information content (AvgIpc) is 3.70. The smallest absolute Gasteiger partial charge is 0.456 e. The van der Waals surface area contributed by atoms with Crippen molar-refractivity contribution in [2.45, 2.75) is 354 Å². The normalized spacial score (nSPS) is 14.0. The van der Waals surface area contributed by atoms with Crippen molar-refractivity contribution in [3.05, 3.63) is 85.1 Å². The van der Waals surface area contributed by atoms with E-state index in [0.29, 0.717) is 17.4 Å². The van der Waals surface area contributed by atoms with Crippen molar-refractivity contribution in [3.63, 3.8) is 0 Å². The molecule has 10 heteroatoms. The Kier molecular flexibility index (Phi) is 64.0. The molecule has 3 unspecified atom stereocenters. The molecule has 0 aromatic heterocycles. The van der Waals surface area contributed by atoms with Crippen LogP contribution in [-0.2, 0) is 27.9 Å². The number of nitrogens with zero attached hydrogens (tertiary/aromatic N) is 1. The zero-order valence-electron chi connectivity index (χ0n) is 58.0. The number of esters is 1. The summed E-state index contributed by atoms with van der Waals surface area (Å²) < 4.78 is 30.9. The highest BCUT2D eigenvalue weighted by atomic mass is 31.2. The van der Waals surface area contributed by atoms with Crippen LogP contribution in [0.4, 0.5) is 0 Å². The van der Waals surface area contributed by atoms with Crippen molar-refractivity contribution in [1.29, 1.82) is 0 Å². The molecule has 0 saturated carbocycles. The minimum absolute atomic E-state index is 0.0352. The third-order valence-electron chi connectivity index (χ3n) is 16.3. The molecule has 87 heavy (non-hydrogen) atoms. The standard InChI is InChI=1S/C77H141N2O7P/c1-7-10-13-16-19-22-25-28-30-32-34-36-37-38-39-40-41-43-44-46-48-51-54-57-60-63-66-69-76(80)78-74(73-85-87(82,83)84-72-71-79(4,5)6)75(68-65-62-59-56-53-50-27-24-21-18-15-12-9-3)86-77(81)70-67-64-61-58-55-52-49-47-45-42-35-33-31-29-26-23-20-17-14-11-8-2/h19-20,22-23,28-31,35,42,47,49,65,68,74-75H,7-18,21,24-27,32-34,36-41,43-46,48,50-64,66-67,69-73H2,1-6H3,(H-,78,80,82,83)/p+1/b22-19-,23-20-,30-28-,31-29-,42-35-,49-47-,68-65-. The molecule has 3 atom stereocenters. The predicted molar refractivity (Wildman–Crippen MR) is 378 cm³/mol. The van der Waals surface area contributed by atoms with Gasteiger partial charge >= 0.3 is 13.8 Å². The van der Waals surface area contributed by atoms with Crippen molar-refractivity contribution >= 4 is 19.7 Å². The molecule has 0 aromatic rings. The zero-order valence-corrected chi connectivity index (χ0v) is 58.9. The molecule has 1 amide bonds. The van der Waals surface area contributed by atoms with Crippen molar-refractivity contribution in [1.82, 2.24) is 5.32 Å². The van der Waals surface area contributed by atoms with Crippen LogP contribution in [0.15, 0.2) is 85.1 Å². The van der Waals surface area contributed by atoms with Crippen LogP contribution >= 0.6 is 7.82 Å². The summed E-state index contributed by atoms with van der Waals surface area (Å²) in [5.41, 5.74) is 0. The van der Waals surface area contributed by atoms with E-state index in [2.05, 4.69) is 99.0 Å². The van der Waals surface area contributed by atoms with E-state index in [1.165, 1.54) is 205 Å². The minimum Gasteiger partial charge on any atom is -0.456 e. The lowest BCUT2D eigenvalue weighted by atomic mass is 10.0. The second kappa shape index (κ2) is 66.1. The third-order valence-corrected chi connectivity index (χ3v) is 17.3. The molecule has 9 nitrogen and oxygen atoms in total. The number of rotatable bonds is 67. The molecule has 0 aliphatic heterocycles. The van der Waals surface area contributed by atoms with Crippen LogP contribution in [0.25, 0.3) is 0 Å². The van der Waals surface area contributed by atoms with Crippen LogP contribution in [0.3, 0.4) is 0 Å². The number of phosphoric acid groups is 1. The van der Waals surface area contributed by atoms with Gasteiger partial charge in [0.2, 0.25) is 5.91 Å². The van der Waals surface area contributed by atoms with E-state index in [1.807, 2.05) is 33.3 Å². The highest BCUT2D eigenvalue weighted by Gasteiger charge is 2.30. The van der Waals surface area contributed by atoms with Gasteiger partial charge in [-0.2, -0.15) is 0 Å². The molecule has 0 radical (unpaired) electrons. The van der Waals surface area contributed by atoms with E-state index in [-0.39, 0.29) is 31.5 Å². The SMILES string of the molecule is CCCCC/C=C\C/C=C\C/C=C\C/C=C\CCCCCCCC(=O)OC(/C=C\CCCCCCCCCCCCC)C(COP(=O)(O)OCC[N+](C)(C)C)NC(=O)CCCCCCCCCCCCCCCCCCC/C=C\C/C=C\CCCCC. The largest absolute Gasteiger partial charge is 0.472 e. The van der Waals surface area contributed by atoms with Crippen LogP contribution in [0.2, 0.25) is 0 Å². The van der Waals surface area contributed by atoms with Crippen molar-refractivity contribution in [3.8, 4) is 0 Å². The lowest BCUT2D eigenvalue weighted by Gasteiger charge is -2.27. The van der Waals surface area contributed by atoms with Crippen molar-refractivity contribution in [2.24, 2.45) is 0 Å². The molecule has 0 fully saturated rings. The summed E-state index contributed by atoms with van der Waals surface area (Å²) >= 11 is 0. The molecule has 0 aliphatic carbocycles. The minimum atomic E-state index is -4.46. The third kappa shape index (κ3) is 67.4. The highest BCUT2D eigenvalue weighted by Crippen LogP contribution is 2.43. The maximum atomic E-state index is 13.6. The van der Waals surface area contributed by atoms with Gasteiger partial charge in [0.1, 0.15) is 19.3 Å². The van der Waals surface area contributed by atoms with Gasteiger partial charge in [0, 0.05) is 12.8 Å². The van der Waals surface area contributed by atoms with Gasteiger partial charge in [-0.15, -0.1) is 0 Å². The van der Waals surface area contributed by atoms with Crippen LogP contribution < -0.4 is 5.32 Å². The fraction of sp³-hybridized carbons (Fsp3) is 0.792. The lowest BCUT2D eigenvalue weighted by molar-refractivity contribution is -0.870. The fourth-order valence-corrected chi connectivity index (χ4v) is 11.3. The first-order chi connectivity index (χ1) is 42.4. The van der Waals surface area contributed by atoms with Crippen LogP contribution in [0.1, 0.15) is 342 Å². The number of phosphoric ester groups is 1. The predicted octanol–water partition coefficient (Wildman–Crippen LogP) is 23.7. The van der Waals surface area contributed by atoms with Crippen molar-refractivity contribution in [2.75, 3.05) is 40.9 Å².